The summed E-state index contributed by atoms with van der Waals surface area (Å²) in [4.78, 5) is 0. The Kier molecular flexibility index (Phi) is 8.03. The molecular formula is C10H23N. The Morgan fingerprint density at radius 2 is 1.73 bits per heavy atom. The second kappa shape index (κ2) is 8.06. The van der Waals surface area contributed by atoms with Crippen molar-refractivity contribution in [2.45, 2.75) is 46.5 Å². The molecule has 0 aromatic heterocycles. The van der Waals surface area contributed by atoms with E-state index in [0.29, 0.717) is 0 Å². The van der Waals surface area contributed by atoms with Crippen LogP contribution >= 0.6 is 0 Å². The average molecular weight is 157 g/mol. The molecule has 1 heteroatoms. The van der Waals surface area contributed by atoms with Gasteiger partial charge in [0, 0.05) is 0 Å². The summed E-state index contributed by atoms with van der Waals surface area (Å²) >= 11 is 0. The zero-order valence-corrected chi connectivity index (χ0v) is 8.32. The normalized spacial score (nSPS) is 13.4. The van der Waals surface area contributed by atoms with Gasteiger partial charge in [-0.05, 0) is 31.8 Å². The first-order chi connectivity index (χ1) is 5.31. The van der Waals surface area contributed by atoms with Crippen LogP contribution in [0.3, 0.4) is 0 Å². The molecule has 0 aromatic carbocycles. The maximum absolute atomic E-state index is 3.42. The standard InChI is InChI=1S/C10H23N/c1-4-6-10(3)7-9-11-8-5-2/h10-11H,4-9H2,1-3H3/t10-/m1/s1. The lowest BCUT2D eigenvalue weighted by Crippen LogP contribution is -2.17. The molecule has 1 N–H and O–H groups in total. The highest BCUT2D eigenvalue weighted by Crippen LogP contribution is 2.07. The Hall–Kier alpha value is -0.0400. The van der Waals surface area contributed by atoms with Crippen molar-refractivity contribution in [3.05, 3.63) is 0 Å². The van der Waals surface area contributed by atoms with Gasteiger partial charge >= 0.3 is 0 Å². The summed E-state index contributed by atoms with van der Waals surface area (Å²) in [5.74, 6) is 0.907. The van der Waals surface area contributed by atoms with Crippen molar-refractivity contribution in [2.75, 3.05) is 13.1 Å². The van der Waals surface area contributed by atoms with Crippen LogP contribution in [0, 0.1) is 5.92 Å². The van der Waals surface area contributed by atoms with Crippen molar-refractivity contribution < 1.29 is 0 Å². The van der Waals surface area contributed by atoms with Crippen molar-refractivity contribution >= 4 is 0 Å². The first-order valence-corrected chi connectivity index (χ1v) is 5.02. The third kappa shape index (κ3) is 7.86. The third-order valence-electron chi connectivity index (χ3n) is 2.02. The van der Waals surface area contributed by atoms with Crippen molar-refractivity contribution in [2.24, 2.45) is 5.92 Å². The van der Waals surface area contributed by atoms with Gasteiger partial charge in [-0.3, -0.25) is 0 Å². The Bertz CT molecular complexity index is 71.3. The van der Waals surface area contributed by atoms with Gasteiger partial charge in [0.15, 0.2) is 0 Å². The molecule has 0 aromatic rings. The highest BCUT2D eigenvalue weighted by molar-refractivity contribution is 4.54. The molecule has 0 aliphatic carbocycles. The van der Waals surface area contributed by atoms with Gasteiger partial charge in [-0.25, -0.2) is 0 Å². The number of nitrogens with one attached hydrogen (secondary N) is 1. The summed E-state index contributed by atoms with van der Waals surface area (Å²) in [7, 11) is 0. The van der Waals surface area contributed by atoms with Gasteiger partial charge in [0.1, 0.15) is 0 Å². The Labute approximate surface area is 71.6 Å². The zero-order chi connectivity index (χ0) is 8.53. The van der Waals surface area contributed by atoms with Crippen LogP contribution in [0.4, 0.5) is 0 Å². The smallest absolute Gasteiger partial charge is 0.00464 e. The Morgan fingerprint density at radius 1 is 1.00 bits per heavy atom. The second-order valence-electron chi connectivity index (χ2n) is 3.43. The molecular weight excluding hydrogens is 134 g/mol. The summed E-state index contributed by atoms with van der Waals surface area (Å²) in [5.41, 5.74) is 0. The first kappa shape index (κ1) is 11.0. The van der Waals surface area contributed by atoms with E-state index in [2.05, 4.69) is 26.1 Å². The third-order valence-corrected chi connectivity index (χ3v) is 2.02. The average Bonchev–Trinajstić information content (AvgIpc) is 1.99. The van der Waals surface area contributed by atoms with Crippen LogP contribution in [0.25, 0.3) is 0 Å². The fourth-order valence-electron chi connectivity index (χ4n) is 1.29. The van der Waals surface area contributed by atoms with E-state index in [9.17, 15) is 0 Å². The van der Waals surface area contributed by atoms with Gasteiger partial charge in [0.05, 0.1) is 0 Å². The molecule has 11 heavy (non-hydrogen) atoms. The van der Waals surface area contributed by atoms with Crippen LogP contribution in [0.1, 0.15) is 46.5 Å². The molecule has 0 radical (unpaired) electrons. The maximum atomic E-state index is 3.42. The molecule has 0 aliphatic rings. The van der Waals surface area contributed by atoms with E-state index < -0.39 is 0 Å². The predicted octanol–water partition coefficient (Wildman–Crippen LogP) is 2.81. The van der Waals surface area contributed by atoms with Gasteiger partial charge in [0.2, 0.25) is 0 Å². The van der Waals surface area contributed by atoms with Crippen LogP contribution in [0.2, 0.25) is 0 Å². The van der Waals surface area contributed by atoms with E-state index in [-0.39, 0.29) is 0 Å². The number of hydrogen-bond donors (Lipinski definition) is 1. The second-order valence-corrected chi connectivity index (χ2v) is 3.43. The van der Waals surface area contributed by atoms with Gasteiger partial charge in [-0.1, -0.05) is 33.6 Å². The van der Waals surface area contributed by atoms with Crippen LogP contribution in [-0.4, -0.2) is 13.1 Å². The largest absolute Gasteiger partial charge is 0.317 e. The molecule has 68 valence electrons. The van der Waals surface area contributed by atoms with E-state index >= 15 is 0 Å². The number of hydrogen-bond acceptors (Lipinski definition) is 1. The molecule has 0 heterocycles. The summed E-state index contributed by atoms with van der Waals surface area (Å²) in [6.07, 6.45) is 5.30. The van der Waals surface area contributed by atoms with Gasteiger partial charge in [-0.15, -0.1) is 0 Å². The molecule has 0 spiro atoms. The highest BCUT2D eigenvalue weighted by Gasteiger charge is 1.98. The molecule has 0 amide bonds. The lowest BCUT2D eigenvalue weighted by Gasteiger charge is -2.09. The minimum absolute atomic E-state index is 0.907. The van der Waals surface area contributed by atoms with Gasteiger partial charge in [0.25, 0.3) is 0 Å². The topological polar surface area (TPSA) is 12.0 Å². The van der Waals surface area contributed by atoms with Gasteiger partial charge < -0.3 is 5.32 Å². The van der Waals surface area contributed by atoms with E-state index in [4.69, 9.17) is 0 Å². The number of rotatable bonds is 7. The van der Waals surface area contributed by atoms with E-state index in [1.807, 2.05) is 0 Å². The summed E-state index contributed by atoms with van der Waals surface area (Å²) in [6.45, 7) is 9.20. The lowest BCUT2D eigenvalue weighted by atomic mass is 10.0. The molecule has 0 aliphatic heterocycles. The van der Waals surface area contributed by atoms with Crippen LogP contribution in [-0.2, 0) is 0 Å². The summed E-state index contributed by atoms with van der Waals surface area (Å²) < 4.78 is 0. The molecule has 0 saturated heterocycles. The van der Waals surface area contributed by atoms with Crippen molar-refractivity contribution in [3.8, 4) is 0 Å². The van der Waals surface area contributed by atoms with E-state index in [1.54, 1.807) is 0 Å². The van der Waals surface area contributed by atoms with Crippen molar-refractivity contribution in [1.29, 1.82) is 0 Å². The first-order valence-electron chi connectivity index (χ1n) is 5.02. The molecule has 1 nitrogen and oxygen atoms in total. The Balaban J connectivity index is 2.97. The van der Waals surface area contributed by atoms with Gasteiger partial charge in [-0.2, -0.15) is 0 Å². The zero-order valence-electron chi connectivity index (χ0n) is 8.32. The monoisotopic (exact) mass is 157 g/mol. The van der Waals surface area contributed by atoms with E-state index in [0.717, 1.165) is 5.92 Å². The van der Waals surface area contributed by atoms with Crippen molar-refractivity contribution in [1.82, 2.24) is 5.32 Å². The fraction of sp³-hybridized carbons (Fsp3) is 1.00. The lowest BCUT2D eigenvalue weighted by molar-refractivity contribution is 0.465. The quantitative estimate of drug-likeness (QED) is 0.560. The summed E-state index contributed by atoms with van der Waals surface area (Å²) in [6, 6.07) is 0. The Morgan fingerprint density at radius 3 is 2.27 bits per heavy atom. The molecule has 1 atom stereocenters. The van der Waals surface area contributed by atoms with Crippen molar-refractivity contribution in [3.63, 3.8) is 0 Å². The van der Waals surface area contributed by atoms with E-state index in [1.165, 1.54) is 38.8 Å². The van der Waals surface area contributed by atoms with Crippen LogP contribution in [0.5, 0.6) is 0 Å². The minimum atomic E-state index is 0.907. The molecule has 0 fully saturated rings. The molecule has 0 bridgehead atoms. The fourth-order valence-corrected chi connectivity index (χ4v) is 1.29. The maximum Gasteiger partial charge on any atom is -0.00464 e. The molecule has 0 saturated carbocycles. The minimum Gasteiger partial charge on any atom is -0.317 e. The summed E-state index contributed by atoms with van der Waals surface area (Å²) in [5, 5.41) is 3.42. The van der Waals surface area contributed by atoms with Crippen LogP contribution in [0.15, 0.2) is 0 Å². The molecule has 0 rings (SSSR count). The highest BCUT2D eigenvalue weighted by atomic mass is 14.8. The predicted molar refractivity (Wildman–Crippen MR) is 51.8 cm³/mol. The SMILES string of the molecule is CCCNCC[C@H](C)CCC. The molecule has 0 unspecified atom stereocenters. The van der Waals surface area contributed by atoms with Crippen LogP contribution < -0.4 is 5.32 Å².